The summed E-state index contributed by atoms with van der Waals surface area (Å²) < 4.78 is 40.6. The minimum atomic E-state index is -4.06. The van der Waals surface area contributed by atoms with Crippen LogP contribution in [0.5, 0.6) is 5.75 Å². The largest absolute Gasteiger partial charge is 0.459 e. The highest BCUT2D eigenvalue weighted by Gasteiger charge is 2.19. The van der Waals surface area contributed by atoms with Gasteiger partial charge in [-0.05, 0) is 54.1 Å². The summed E-state index contributed by atoms with van der Waals surface area (Å²) in [6, 6.07) is 15.3. The van der Waals surface area contributed by atoms with Gasteiger partial charge in [-0.2, -0.15) is 8.42 Å². The summed E-state index contributed by atoms with van der Waals surface area (Å²) in [5, 5.41) is 2.57. The second kappa shape index (κ2) is 10.8. The first-order valence-electron chi connectivity index (χ1n) is 10.0. The molecule has 0 aliphatic heterocycles. The standard InChI is InChI=1S/C23H24N2O7S/c1-17(26)24-19-7-11-21(12-8-19)33(28,29)32-20-9-5-18(6-10-20)16-25(13-15-30-2)23(27)22-4-3-14-31-22/h3-12,14H,13,15-16H2,1-2H3,(H,24,26). The Labute approximate surface area is 192 Å². The minimum absolute atomic E-state index is 0.0459. The van der Waals surface area contributed by atoms with Crippen molar-refractivity contribution in [3.63, 3.8) is 0 Å². The molecule has 0 saturated heterocycles. The molecule has 174 valence electrons. The van der Waals surface area contributed by atoms with Gasteiger partial charge in [0.1, 0.15) is 10.6 Å². The average Bonchev–Trinajstić information content (AvgIpc) is 3.32. The van der Waals surface area contributed by atoms with Crippen molar-refractivity contribution in [2.24, 2.45) is 0 Å². The van der Waals surface area contributed by atoms with Crippen molar-refractivity contribution in [1.82, 2.24) is 4.90 Å². The van der Waals surface area contributed by atoms with E-state index in [1.807, 2.05) is 0 Å². The Morgan fingerprint density at radius 2 is 1.73 bits per heavy atom. The minimum Gasteiger partial charge on any atom is -0.459 e. The third-order valence-electron chi connectivity index (χ3n) is 4.55. The first kappa shape index (κ1) is 24.0. The molecule has 0 atom stereocenters. The van der Waals surface area contributed by atoms with E-state index in [4.69, 9.17) is 13.3 Å². The van der Waals surface area contributed by atoms with E-state index in [-0.39, 0.29) is 34.8 Å². The monoisotopic (exact) mass is 472 g/mol. The fourth-order valence-electron chi connectivity index (χ4n) is 2.96. The molecule has 1 N–H and O–H groups in total. The van der Waals surface area contributed by atoms with E-state index in [0.29, 0.717) is 18.8 Å². The number of amides is 2. The van der Waals surface area contributed by atoms with Gasteiger partial charge < -0.3 is 23.6 Å². The van der Waals surface area contributed by atoms with Crippen LogP contribution in [0.25, 0.3) is 0 Å². The number of furan rings is 1. The van der Waals surface area contributed by atoms with Crippen molar-refractivity contribution in [2.45, 2.75) is 18.4 Å². The van der Waals surface area contributed by atoms with Gasteiger partial charge in [-0.15, -0.1) is 0 Å². The first-order chi connectivity index (χ1) is 15.8. The summed E-state index contributed by atoms with van der Waals surface area (Å²) in [6.45, 7) is 2.35. The molecule has 1 heterocycles. The Bertz CT molecular complexity index is 1170. The number of carbonyl (C=O) groups is 2. The lowest BCUT2D eigenvalue weighted by Crippen LogP contribution is -2.33. The van der Waals surface area contributed by atoms with E-state index in [9.17, 15) is 18.0 Å². The Balaban J connectivity index is 1.68. The molecular formula is C23H24N2O7S. The topological polar surface area (TPSA) is 115 Å². The van der Waals surface area contributed by atoms with E-state index < -0.39 is 10.1 Å². The van der Waals surface area contributed by atoms with Gasteiger partial charge in [0.05, 0.1) is 12.9 Å². The smallest absolute Gasteiger partial charge is 0.339 e. The Morgan fingerprint density at radius 3 is 2.30 bits per heavy atom. The van der Waals surface area contributed by atoms with Crippen molar-refractivity contribution in [2.75, 3.05) is 25.6 Å². The van der Waals surface area contributed by atoms with Crippen molar-refractivity contribution in [3.8, 4) is 5.75 Å². The number of benzene rings is 2. The molecule has 0 aliphatic carbocycles. The maximum Gasteiger partial charge on any atom is 0.339 e. The van der Waals surface area contributed by atoms with Crippen LogP contribution in [0, 0.1) is 0 Å². The van der Waals surface area contributed by atoms with E-state index >= 15 is 0 Å². The van der Waals surface area contributed by atoms with Crippen LogP contribution in [0.2, 0.25) is 0 Å². The Morgan fingerprint density at radius 1 is 1.03 bits per heavy atom. The molecule has 0 bridgehead atoms. The molecule has 10 heteroatoms. The van der Waals surface area contributed by atoms with Crippen LogP contribution in [-0.2, 0) is 26.2 Å². The maximum atomic E-state index is 12.7. The fraction of sp³-hybridized carbons (Fsp3) is 0.217. The second-order valence-electron chi connectivity index (χ2n) is 7.08. The van der Waals surface area contributed by atoms with E-state index in [1.165, 1.54) is 49.6 Å². The third kappa shape index (κ3) is 6.67. The third-order valence-corrected chi connectivity index (χ3v) is 5.81. The lowest BCUT2D eigenvalue weighted by molar-refractivity contribution is -0.114. The highest BCUT2D eigenvalue weighted by Crippen LogP contribution is 2.21. The molecule has 0 saturated carbocycles. The summed E-state index contributed by atoms with van der Waals surface area (Å²) in [5.74, 6) is -0.177. The molecule has 3 rings (SSSR count). The van der Waals surface area contributed by atoms with E-state index in [2.05, 4.69) is 5.32 Å². The number of hydrogen-bond acceptors (Lipinski definition) is 7. The average molecular weight is 473 g/mol. The molecule has 2 amide bonds. The highest BCUT2D eigenvalue weighted by molar-refractivity contribution is 7.87. The van der Waals surface area contributed by atoms with Gasteiger partial charge in [-0.25, -0.2) is 0 Å². The number of rotatable bonds is 10. The number of ether oxygens (including phenoxy) is 1. The van der Waals surface area contributed by atoms with Crippen LogP contribution in [-0.4, -0.2) is 45.4 Å². The molecule has 0 spiro atoms. The SMILES string of the molecule is COCCN(Cc1ccc(OS(=O)(=O)c2ccc(NC(C)=O)cc2)cc1)C(=O)c1ccco1. The Hall–Kier alpha value is -3.63. The maximum absolute atomic E-state index is 12.7. The summed E-state index contributed by atoms with van der Waals surface area (Å²) >= 11 is 0. The number of nitrogens with one attached hydrogen (secondary N) is 1. The van der Waals surface area contributed by atoms with Crippen LogP contribution in [0.4, 0.5) is 5.69 Å². The molecule has 0 fully saturated rings. The van der Waals surface area contributed by atoms with Crippen LogP contribution < -0.4 is 9.50 Å². The van der Waals surface area contributed by atoms with Crippen molar-refractivity contribution < 1.29 is 31.3 Å². The van der Waals surface area contributed by atoms with Gasteiger partial charge in [0, 0.05) is 32.8 Å². The van der Waals surface area contributed by atoms with Crippen LogP contribution in [0.3, 0.4) is 0 Å². The highest BCUT2D eigenvalue weighted by atomic mass is 32.2. The number of methoxy groups -OCH3 is 1. The first-order valence-corrected chi connectivity index (χ1v) is 11.4. The summed E-state index contributed by atoms with van der Waals surface area (Å²) in [4.78, 5) is 25.3. The van der Waals surface area contributed by atoms with Gasteiger partial charge in [0.2, 0.25) is 5.91 Å². The summed E-state index contributed by atoms with van der Waals surface area (Å²) in [7, 11) is -2.50. The van der Waals surface area contributed by atoms with E-state index in [1.54, 1.807) is 36.3 Å². The number of carbonyl (C=O) groups excluding carboxylic acids is 2. The number of hydrogen-bond donors (Lipinski definition) is 1. The summed E-state index contributed by atoms with van der Waals surface area (Å²) in [6.07, 6.45) is 1.43. The predicted molar refractivity (Wildman–Crippen MR) is 120 cm³/mol. The molecule has 2 aromatic carbocycles. The molecule has 0 unspecified atom stereocenters. The zero-order chi connectivity index (χ0) is 23.8. The quantitative estimate of drug-likeness (QED) is 0.450. The number of nitrogens with zero attached hydrogens (tertiary/aromatic N) is 1. The summed E-state index contributed by atoms with van der Waals surface area (Å²) in [5.41, 5.74) is 1.25. The van der Waals surface area contributed by atoms with Crippen LogP contribution in [0.1, 0.15) is 23.0 Å². The lowest BCUT2D eigenvalue weighted by Gasteiger charge is -2.21. The second-order valence-corrected chi connectivity index (χ2v) is 8.63. The molecule has 0 radical (unpaired) electrons. The molecule has 9 nitrogen and oxygen atoms in total. The molecule has 3 aromatic rings. The number of anilines is 1. The van der Waals surface area contributed by atoms with Gasteiger partial charge in [0.25, 0.3) is 5.91 Å². The van der Waals surface area contributed by atoms with E-state index in [0.717, 1.165) is 5.56 Å². The van der Waals surface area contributed by atoms with Crippen molar-refractivity contribution in [1.29, 1.82) is 0 Å². The van der Waals surface area contributed by atoms with Gasteiger partial charge in [-0.3, -0.25) is 9.59 Å². The van der Waals surface area contributed by atoms with Gasteiger partial charge >= 0.3 is 10.1 Å². The van der Waals surface area contributed by atoms with Gasteiger partial charge in [-0.1, -0.05) is 12.1 Å². The molecule has 1 aromatic heterocycles. The van der Waals surface area contributed by atoms with Crippen LogP contribution in [0.15, 0.2) is 76.2 Å². The molecular weight excluding hydrogens is 448 g/mol. The zero-order valence-electron chi connectivity index (χ0n) is 18.2. The van der Waals surface area contributed by atoms with Crippen molar-refractivity contribution >= 4 is 27.6 Å². The molecule has 0 aliphatic rings. The molecule has 33 heavy (non-hydrogen) atoms. The van der Waals surface area contributed by atoms with Crippen LogP contribution >= 0.6 is 0 Å². The predicted octanol–water partition coefficient (Wildman–Crippen LogP) is 3.29. The lowest BCUT2D eigenvalue weighted by atomic mass is 10.2. The van der Waals surface area contributed by atoms with Crippen molar-refractivity contribution in [3.05, 3.63) is 78.3 Å². The normalized spacial score (nSPS) is 11.1. The Kier molecular flexibility index (Phi) is 7.86. The fourth-order valence-corrected chi connectivity index (χ4v) is 3.89. The zero-order valence-corrected chi connectivity index (χ0v) is 19.0. The van der Waals surface area contributed by atoms with Gasteiger partial charge in [0.15, 0.2) is 5.76 Å².